The Morgan fingerprint density at radius 1 is 1.48 bits per heavy atom. The molecule has 1 fully saturated rings. The highest BCUT2D eigenvalue weighted by Gasteiger charge is 2.32. The Morgan fingerprint density at radius 2 is 2.26 bits per heavy atom. The van der Waals surface area contributed by atoms with Gasteiger partial charge in [0.15, 0.2) is 0 Å². The van der Waals surface area contributed by atoms with E-state index in [0.717, 1.165) is 0 Å². The summed E-state index contributed by atoms with van der Waals surface area (Å²) in [5, 5.41) is 1.23. The third-order valence-electron chi connectivity index (χ3n) is 4.03. The lowest BCUT2D eigenvalue weighted by Gasteiger charge is -2.33. The summed E-state index contributed by atoms with van der Waals surface area (Å²) in [6, 6.07) is 4.13. The molecule has 2 heterocycles. The standard InChI is InChI=1S/C16H20ClN3O2S/c1-12(19-17)13-6-9-20(10-7-13)23(21,22)16-4-2-3-14-11-18-8-5-15(14)16/h2-5,8,11-13,19H,6-7,9-10H2,1H3/i1D3,12D,13D. The maximum absolute atomic E-state index is 13.2. The third kappa shape index (κ3) is 3.21. The SMILES string of the molecule is [2H]C([2H])([2H])C([2H])(NCl)C1([2H])CCN(S(=O)(=O)c2cccc3cnccc23)CC1. The van der Waals surface area contributed by atoms with E-state index in [1.807, 2.05) is 4.84 Å². The average molecular weight is 359 g/mol. The van der Waals surface area contributed by atoms with Crippen LogP contribution < -0.4 is 4.84 Å². The van der Waals surface area contributed by atoms with Crippen LogP contribution in [0, 0.1) is 5.89 Å². The van der Waals surface area contributed by atoms with E-state index >= 15 is 0 Å². The Kier molecular flexibility index (Phi) is 3.32. The first-order chi connectivity index (χ1) is 13.0. The summed E-state index contributed by atoms with van der Waals surface area (Å²) in [5.41, 5.74) is 0. The molecule has 0 aliphatic carbocycles. The van der Waals surface area contributed by atoms with Crippen LogP contribution in [0.15, 0.2) is 41.6 Å². The number of benzene rings is 1. The minimum atomic E-state index is -3.86. The van der Waals surface area contributed by atoms with E-state index in [-0.39, 0.29) is 30.8 Å². The van der Waals surface area contributed by atoms with Crippen LogP contribution in [0.1, 0.15) is 26.5 Å². The summed E-state index contributed by atoms with van der Waals surface area (Å²) >= 11 is 5.55. The van der Waals surface area contributed by atoms with Crippen molar-refractivity contribution >= 4 is 32.6 Å². The van der Waals surface area contributed by atoms with Gasteiger partial charge in [-0.2, -0.15) is 4.31 Å². The molecule has 0 spiro atoms. The second kappa shape index (κ2) is 6.73. The number of aromatic nitrogens is 1. The first-order valence-electron chi connectivity index (χ1n) is 9.67. The van der Waals surface area contributed by atoms with E-state index in [0.29, 0.717) is 10.8 Å². The van der Waals surface area contributed by atoms with Crippen LogP contribution in [0.2, 0.25) is 0 Å². The summed E-state index contributed by atoms with van der Waals surface area (Å²) in [4.78, 5) is 6.08. The minimum absolute atomic E-state index is 0.0808. The highest BCUT2D eigenvalue weighted by atomic mass is 35.5. The molecule has 1 aliphatic rings. The molecular weight excluding hydrogens is 334 g/mol. The molecule has 0 saturated carbocycles. The van der Waals surface area contributed by atoms with Crippen molar-refractivity contribution in [3.63, 3.8) is 0 Å². The van der Waals surface area contributed by atoms with Gasteiger partial charge in [-0.15, -0.1) is 0 Å². The molecule has 1 aliphatic heterocycles. The zero-order chi connectivity index (χ0) is 20.8. The number of nitrogens with one attached hydrogen (secondary N) is 1. The Morgan fingerprint density at radius 3 is 2.96 bits per heavy atom. The average Bonchev–Trinajstić information content (AvgIpc) is 2.66. The van der Waals surface area contributed by atoms with Gasteiger partial charge in [0.2, 0.25) is 10.0 Å². The molecule has 124 valence electrons. The van der Waals surface area contributed by atoms with Crippen LogP contribution >= 0.6 is 11.8 Å². The van der Waals surface area contributed by atoms with Gasteiger partial charge in [0.05, 0.1) is 4.90 Å². The Hall–Kier alpha value is -1.21. The first-order valence-corrected chi connectivity index (χ1v) is 8.99. The molecule has 0 amide bonds. The largest absolute Gasteiger partial charge is 0.264 e. The number of sulfonamides is 1. The number of pyridine rings is 1. The van der Waals surface area contributed by atoms with Crippen LogP contribution in [0.5, 0.6) is 0 Å². The van der Waals surface area contributed by atoms with E-state index in [4.69, 9.17) is 18.6 Å². The molecular formula is C16H20ClN3O2S. The zero-order valence-corrected chi connectivity index (χ0v) is 13.9. The Balaban J connectivity index is 1.90. The van der Waals surface area contributed by atoms with Gasteiger partial charge in [-0.05, 0) is 49.5 Å². The number of hydrogen-bond donors (Lipinski definition) is 1. The van der Waals surface area contributed by atoms with Crippen LogP contribution in [0.3, 0.4) is 0 Å². The van der Waals surface area contributed by atoms with Crippen LogP contribution in [0.4, 0.5) is 0 Å². The van der Waals surface area contributed by atoms with Crippen molar-refractivity contribution in [3.05, 3.63) is 36.7 Å². The molecule has 1 atom stereocenters. The van der Waals surface area contributed by atoms with Gasteiger partial charge < -0.3 is 0 Å². The molecule has 3 rings (SSSR count). The van der Waals surface area contributed by atoms with Gasteiger partial charge in [-0.1, -0.05) is 12.1 Å². The zero-order valence-electron chi connectivity index (χ0n) is 17.3. The van der Waals surface area contributed by atoms with Crippen molar-refractivity contribution in [2.45, 2.75) is 30.6 Å². The fourth-order valence-corrected chi connectivity index (χ4v) is 4.56. The molecule has 2 aromatic rings. The molecule has 1 unspecified atom stereocenters. The predicted octanol–water partition coefficient (Wildman–Crippen LogP) is 2.77. The van der Waals surface area contributed by atoms with Gasteiger partial charge in [0.1, 0.15) is 0 Å². The van der Waals surface area contributed by atoms with Gasteiger partial charge in [0, 0.05) is 49.1 Å². The molecule has 0 bridgehead atoms. The monoisotopic (exact) mass is 358 g/mol. The highest BCUT2D eigenvalue weighted by Crippen LogP contribution is 2.29. The third-order valence-corrected chi connectivity index (χ3v) is 6.18. The topological polar surface area (TPSA) is 62.3 Å². The predicted molar refractivity (Wildman–Crippen MR) is 91.7 cm³/mol. The van der Waals surface area contributed by atoms with Crippen molar-refractivity contribution in [3.8, 4) is 0 Å². The normalized spacial score (nSPS) is 25.5. The number of nitrogens with zero attached hydrogens (tertiary/aromatic N) is 2. The lowest BCUT2D eigenvalue weighted by atomic mass is 9.92. The smallest absolute Gasteiger partial charge is 0.243 e. The number of fused-ring (bicyclic) bond motifs is 1. The fraction of sp³-hybridized carbons (Fsp3) is 0.438. The maximum Gasteiger partial charge on any atom is 0.243 e. The van der Waals surface area contributed by atoms with Crippen molar-refractivity contribution in [2.24, 2.45) is 5.89 Å². The van der Waals surface area contributed by atoms with E-state index in [2.05, 4.69) is 4.98 Å². The second-order valence-electron chi connectivity index (χ2n) is 5.33. The number of piperidine rings is 1. The Labute approximate surface area is 148 Å². The molecule has 1 N–H and O–H groups in total. The van der Waals surface area contributed by atoms with E-state index in [9.17, 15) is 8.42 Å². The van der Waals surface area contributed by atoms with E-state index < -0.39 is 28.8 Å². The van der Waals surface area contributed by atoms with Gasteiger partial charge >= 0.3 is 0 Å². The van der Waals surface area contributed by atoms with E-state index in [1.165, 1.54) is 16.6 Å². The fourth-order valence-electron chi connectivity index (χ4n) is 2.77. The molecule has 7 heteroatoms. The minimum Gasteiger partial charge on any atom is -0.264 e. The summed E-state index contributed by atoms with van der Waals surface area (Å²) in [6.07, 6.45) is 2.82. The molecule has 1 saturated heterocycles. The first kappa shape index (κ1) is 11.4. The van der Waals surface area contributed by atoms with E-state index in [1.54, 1.807) is 24.4 Å². The molecule has 23 heavy (non-hydrogen) atoms. The van der Waals surface area contributed by atoms with Crippen LogP contribution in [-0.4, -0.2) is 36.8 Å². The molecule has 1 aromatic carbocycles. The van der Waals surface area contributed by atoms with Crippen molar-refractivity contribution in [1.82, 2.24) is 14.1 Å². The summed E-state index contributed by atoms with van der Waals surface area (Å²) < 4.78 is 67.1. The summed E-state index contributed by atoms with van der Waals surface area (Å²) in [6.45, 7) is -3.01. The summed E-state index contributed by atoms with van der Waals surface area (Å²) in [5.74, 6) is -1.77. The van der Waals surface area contributed by atoms with Gasteiger partial charge in [-0.25, -0.2) is 13.3 Å². The number of hydrogen-bond acceptors (Lipinski definition) is 4. The molecule has 1 aromatic heterocycles. The summed E-state index contributed by atoms with van der Waals surface area (Å²) in [7, 11) is -3.86. The lowest BCUT2D eigenvalue weighted by molar-refractivity contribution is 0.244. The van der Waals surface area contributed by atoms with Crippen LogP contribution in [-0.2, 0) is 10.0 Å². The lowest BCUT2D eigenvalue weighted by Crippen LogP contribution is -2.42. The highest BCUT2D eigenvalue weighted by molar-refractivity contribution is 7.89. The number of halogens is 1. The van der Waals surface area contributed by atoms with Crippen molar-refractivity contribution in [2.75, 3.05) is 13.1 Å². The van der Waals surface area contributed by atoms with Crippen LogP contribution in [0.25, 0.3) is 10.8 Å². The van der Waals surface area contributed by atoms with Crippen molar-refractivity contribution < 1.29 is 15.3 Å². The molecule has 5 nitrogen and oxygen atoms in total. The van der Waals surface area contributed by atoms with Crippen molar-refractivity contribution in [1.29, 1.82) is 0 Å². The Bertz CT molecular complexity index is 974. The van der Waals surface area contributed by atoms with Gasteiger partial charge in [-0.3, -0.25) is 4.98 Å². The quantitative estimate of drug-likeness (QED) is 0.854. The second-order valence-corrected chi connectivity index (χ2v) is 7.43. The maximum atomic E-state index is 13.2. The van der Waals surface area contributed by atoms with Gasteiger partial charge in [0.25, 0.3) is 0 Å². The molecule has 0 radical (unpaired) electrons. The number of rotatable bonds is 4.